The summed E-state index contributed by atoms with van der Waals surface area (Å²) in [7, 11) is -1.63. The van der Waals surface area contributed by atoms with Crippen molar-refractivity contribution < 1.29 is 18.1 Å². The Morgan fingerprint density at radius 2 is 1.63 bits per heavy atom. The quantitative estimate of drug-likeness (QED) is 0.725. The maximum absolute atomic E-state index is 12.7. The van der Waals surface area contributed by atoms with Gasteiger partial charge in [0.25, 0.3) is 5.91 Å². The maximum atomic E-state index is 12.7. The Labute approximate surface area is 179 Å². The van der Waals surface area contributed by atoms with Gasteiger partial charge in [-0.3, -0.25) is 4.79 Å². The molecule has 1 fully saturated rings. The van der Waals surface area contributed by atoms with E-state index in [2.05, 4.69) is 0 Å². The largest absolute Gasteiger partial charge is 0.334 e. The van der Waals surface area contributed by atoms with Crippen molar-refractivity contribution in [2.45, 2.75) is 13.0 Å². The molecule has 1 aliphatic rings. The van der Waals surface area contributed by atoms with Crippen molar-refractivity contribution >= 4 is 22.0 Å². The second kappa shape index (κ2) is 10.0. The van der Waals surface area contributed by atoms with Crippen molar-refractivity contribution in [2.24, 2.45) is 0 Å². The molecule has 1 aliphatic heterocycles. The highest BCUT2D eigenvalue weighted by Gasteiger charge is 2.29. The molecule has 2 aromatic rings. The van der Waals surface area contributed by atoms with Crippen LogP contribution < -0.4 is 4.90 Å². The lowest BCUT2D eigenvalue weighted by molar-refractivity contribution is -0.896. The van der Waals surface area contributed by atoms with Gasteiger partial charge in [0.05, 0.1) is 32.2 Å². The third kappa shape index (κ3) is 5.78. The molecule has 3 rings (SSSR count). The van der Waals surface area contributed by atoms with Crippen LogP contribution in [0.5, 0.6) is 0 Å². The van der Waals surface area contributed by atoms with Gasteiger partial charge in [-0.05, 0) is 24.1 Å². The van der Waals surface area contributed by atoms with Crippen molar-refractivity contribution in [3.63, 3.8) is 0 Å². The fourth-order valence-corrected chi connectivity index (χ4v) is 4.75. The summed E-state index contributed by atoms with van der Waals surface area (Å²) in [4.78, 5) is 15.6. The van der Waals surface area contributed by atoms with Crippen LogP contribution in [-0.4, -0.2) is 63.3 Å². The molecule has 1 heterocycles. The van der Waals surface area contributed by atoms with E-state index in [0.717, 1.165) is 16.0 Å². The Bertz CT molecular complexity index is 954. The number of likely N-dealkylation sites (N-methyl/N-ethyl adjacent to an activating group) is 1. The minimum atomic E-state index is -3.46. The second-order valence-electron chi connectivity index (χ2n) is 7.68. The van der Waals surface area contributed by atoms with Crippen LogP contribution in [0.1, 0.15) is 24.1 Å². The molecule has 0 saturated carbocycles. The third-order valence-corrected chi connectivity index (χ3v) is 7.24. The van der Waals surface area contributed by atoms with Crippen LogP contribution in [0.2, 0.25) is 0 Å². The molecule has 1 saturated heterocycles. The molecular formula is C23H30N3O3S+. The van der Waals surface area contributed by atoms with Crippen LogP contribution in [-0.2, 0) is 14.8 Å². The summed E-state index contributed by atoms with van der Waals surface area (Å²) in [6.45, 7) is 4.48. The lowest BCUT2D eigenvalue weighted by Crippen LogP contribution is -3.15. The predicted octanol–water partition coefficient (Wildman–Crippen LogP) is 1.41. The van der Waals surface area contributed by atoms with E-state index in [1.165, 1.54) is 9.71 Å². The summed E-state index contributed by atoms with van der Waals surface area (Å²) in [5.74, 6) is 0.0710. The minimum absolute atomic E-state index is 0.00268. The Kier molecular flexibility index (Phi) is 7.42. The summed E-state index contributed by atoms with van der Waals surface area (Å²) in [6.07, 6.45) is 1.62. The number of benzene rings is 2. The molecule has 30 heavy (non-hydrogen) atoms. The zero-order valence-corrected chi connectivity index (χ0v) is 18.4. The Balaban J connectivity index is 1.51. The van der Waals surface area contributed by atoms with Crippen LogP contribution in [0.4, 0.5) is 0 Å². The third-order valence-electron chi connectivity index (χ3n) is 5.68. The van der Waals surface area contributed by atoms with Gasteiger partial charge in [0.15, 0.2) is 6.54 Å². The molecule has 7 heteroatoms. The second-order valence-corrected chi connectivity index (χ2v) is 9.49. The van der Waals surface area contributed by atoms with E-state index in [9.17, 15) is 13.2 Å². The van der Waals surface area contributed by atoms with Gasteiger partial charge in [-0.2, -0.15) is 4.31 Å². The van der Waals surface area contributed by atoms with Crippen LogP contribution in [0.15, 0.2) is 66.1 Å². The average Bonchev–Trinajstić information content (AvgIpc) is 2.78. The van der Waals surface area contributed by atoms with Crippen LogP contribution in [0.3, 0.4) is 0 Å². The van der Waals surface area contributed by atoms with Gasteiger partial charge in [0.2, 0.25) is 10.0 Å². The van der Waals surface area contributed by atoms with E-state index in [4.69, 9.17) is 0 Å². The van der Waals surface area contributed by atoms with Gasteiger partial charge >= 0.3 is 0 Å². The first-order valence-electron chi connectivity index (χ1n) is 10.2. The van der Waals surface area contributed by atoms with Gasteiger partial charge in [0, 0.05) is 12.5 Å². The molecule has 1 N–H and O–H groups in total. The van der Waals surface area contributed by atoms with Crippen molar-refractivity contribution in [3.8, 4) is 0 Å². The lowest BCUT2D eigenvalue weighted by atomic mass is 10.1. The highest BCUT2D eigenvalue weighted by molar-refractivity contribution is 7.92. The van der Waals surface area contributed by atoms with E-state index < -0.39 is 10.0 Å². The lowest BCUT2D eigenvalue weighted by Gasteiger charge is -2.32. The van der Waals surface area contributed by atoms with Gasteiger partial charge in [0.1, 0.15) is 0 Å². The SMILES string of the molecule is C[C@H](c1ccccc1)N(C)C(=O)C[NH+]1CCN(S(=O)(=O)/C=C/c2ccccc2)CC1. The molecular weight excluding hydrogens is 398 g/mol. The van der Waals surface area contributed by atoms with Crippen molar-refractivity contribution in [1.29, 1.82) is 0 Å². The number of carbonyl (C=O) groups is 1. The summed E-state index contributed by atoms with van der Waals surface area (Å²) >= 11 is 0. The Morgan fingerprint density at radius 3 is 2.23 bits per heavy atom. The van der Waals surface area contributed by atoms with Gasteiger partial charge < -0.3 is 9.80 Å². The number of quaternary nitrogens is 1. The fourth-order valence-electron chi connectivity index (χ4n) is 3.56. The highest BCUT2D eigenvalue weighted by atomic mass is 32.2. The molecule has 1 atom stereocenters. The smallest absolute Gasteiger partial charge is 0.278 e. The number of nitrogens with zero attached hydrogens (tertiary/aromatic N) is 2. The van der Waals surface area contributed by atoms with Crippen LogP contribution >= 0.6 is 0 Å². The number of rotatable bonds is 7. The number of sulfonamides is 1. The zero-order valence-electron chi connectivity index (χ0n) is 17.6. The van der Waals surface area contributed by atoms with Gasteiger partial charge in [-0.25, -0.2) is 8.42 Å². The van der Waals surface area contributed by atoms with Crippen molar-refractivity contribution in [1.82, 2.24) is 9.21 Å². The van der Waals surface area contributed by atoms with Crippen LogP contribution in [0, 0.1) is 0 Å². The van der Waals surface area contributed by atoms with Gasteiger partial charge in [-0.15, -0.1) is 0 Å². The van der Waals surface area contributed by atoms with Gasteiger partial charge in [-0.1, -0.05) is 60.7 Å². The first-order valence-corrected chi connectivity index (χ1v) is 11.7. The summed E-state index contributed by atoms with van der Waals surface area (Å²) in [6, 6.07) is 19.3. The summed E-state index contributed by atoms with van der Waals surface area (Å²) in [5.41, 5.74) is 1.95. The normalized spacial score (nSPS) is 17.1. The highest BCUT2D eigenvalue weighted by Crippen LogP contribution is 2.17. The number of hydrogen-bond donors (Lipinski definition) is 1. The summed E-state index contributed by atoms with van der Waals surface area (Å²) < 4.78 is 26.7. The molecule has 0 bridgehead atoms. The number of carbonyl (C=O) groups excluding carboxylic acids is 1. The maximum Gasteiger partial charge on any atom is 0.278 e. The topological polar surface area (TPSA) is 62.1 Å². The minimum Gasteiger partial charge on any atom is -0.334 e. The van der Waals surface area contributed by atoms with Crippen LogP contribution in [0.25, 0.3) is 6.08 Å². The molecule has 0 spiro atoms. The Hall–Kier alpha value is -2.48. The fraction of sp³-hybridized carbons (Fsp3) is 0.348. The molecule has 0 radical (unpaired) electrons. The first-order chi connectivity index (χ1) is 14.4. The molecule has 0 aliphatic carbocycles. The monoisotopic (exact) mass is 428 g/mol. The number of hydrogen-bond acceptors (Lipinski definition) is 3. The van der Waals surface area contributed by atoms with E-state index >= 15 is 0 Å². The van der Waals surface area contributed by atoms with Crippen molar-refractivity contribution in [3.05, 3.63) is 77.2 Å². The van der Waals surface area contributed by atoms with E-state index in [-0.39, 0.29) is 11.9 Å². The van der Waals surface area contributed by atoms with E-state index in [0.29, 0.717) is 32.7 Å². The molecule has 6 nitrogen and oxygen atoms in total. The number of amides is 1. The van der Waals surface area contributed by atoms with E-state index in [1.54, 1.807) is 11.0 Å². The standard InChI is InChI=1S/C23H29N3O3S/c1-20(22-11-7-4-8-12-22)24(2)23(27)19-25-14-16-26(17-15-25)30(28,29)18-13-21-9-5-3-6-10-21/h3-13,18,20H,14-17,19H2,1-2H3/p+1/b18-13+/t20-/m1/s1. The summed E-state index contributed by atoms with van der Waals surface area (Å²) in [5, 5.41) is 1.27. The average molecular weight is 429 g/mol. The van der Waals surface area contributed by atoms with Crippen molar-refractivity contribution in [2.75, 3.05) is 39.8 Å². The van der Waals surface area contributed by atoms with E-state index in [1.807, 2.05) is 74.6 Å². The molecule has 0 aromatic heterocycles. The molecule has 1 amide bonds. The molecule has 2 aromatic carbocycles. The molecule has 160 valence electrons. The zero-order chi connectivity index (χ0) is 21.6. The number of piperazine rings is 1. The first kappa shape index (κ1) is 22.2. The Morgan fingerprint density at radius 1 is 1.07 bits per heavy atom. The number of nitrogens with one attached hydrogen (secondary N) is 1. The predicted molar refractivity (Wildman–Crippen MR) is 119 cm³/mol. The molecule has 0 unspecified atom stereocenters.